The lowest BCUT2D eigenvalue weighted by Crippen LogP contribution is -2.41. The van der Waals surface area contributed by atoms with Gasteiger partial charge in [-0.15, -0.1) is 0 Å². The maximum atomic E-state index is 13.3. The normalized spacial score (nSPS) is 14.2. The fourth-order valence-electron chi connectivity index (χ4n) is 11.9. The fraction of sp³-hybridized carbons (Fsp3) is 0.972. The number of unbranched alkanes of at least 4 members (excludes halogenated alkanes) is 44. The molecule has 0 aromatic heterocycles. The van der Waals surface area contributed by atoms with Gasteiger partial charge in [0, 0.05) is 50.8 Å². The molecule has 10 nitrogen and oxygen atoms in total. The average molecular weight is 1230 g/mol. The lowest BCUT2D eigenvalue weighted by atomic mass is 10.0. The van der Waals surface area contributed by atoms with Crippen molar-refractivity contribution < 1.29 is 40.2 Å². The average Bonchev–Trinajstić information content (AvgIpc) is 3.56. The van der Waals surface area contributed by atoms with Gasteiger partial charge in [-0.2, -0.15) is 0 Å². The SMILES string of the molecule is CCCCCCCCCCCCCCC(O)CN(CCSC(=O)C(O)C(O)C(=O)SCCN(CC(O)CCCCCCCCCCCCCC)CC(O)CCCCCCCCCCCCCC)CC(O)CCCCCCCCCCCCCC. The minimum atomic E-state index is -1.87. The van der Waals surface area contributed by atoms with E-state index in [2.05, 4.69) is 27.7 Å². The first-order valence-corrected chi connectivity index (χ1v) is 38.8. The molecule has 0 saturated carbocycles. The minimum absolute atomic E-state index is 0.290. The Morgan fingerprint density at radius 2 is 0.417 bits per heavy atom. The number of aliphatic hydroxyl groups is 6. The number of thioether (sulfide) groups is 2. The van der Waals surface area contributed by atoms with Crippen LogP contribution in [0, 0.1) is 0 Å². The summed E-state index contributed by atoms with van der Waals surface area (Å²) in [5.74, 6) is 0.581. The number of carbonyl (C=O) groups excluding carboxylic acids is 2. The molecule has 0 aliphatic heterocycles. The van der Waals surface area contributed by atoms with E-state index in [-0.39, 0.29) is 0 Å². The second kappa shape index (κ2) is 65.7. The molecule has 0 aromatic rings. The third-order valence-corrected chi connectivity index (χ3v) is 19.4. The van der Waals surface area contributed by atoms with E-state index in [1.807, 2.05) is 9.80 Å². The van der Waals surface area contributed by atoms with Crippen LogP contribution in [0.25, 0.3) is 0 Å². The Kier molecular flexibility index (Phi) is 65.4. The van der Waals surface area contributed by atoms with Crippen molar-refractivity contribution in [1.82, 2.24) is 9.80 Å². The smallest absolute Gasteiger partial charge is 0.220 e. The number of hydrogen-bond acceptors (Lipinski definition) is 12. The second-order valence-corrected chi connectivity index (χ2v) is 28.3. The first kappa shape index (κ1) is 83.7. The Bertz CT molecular complexity index is 1180. The number of carbonyl (C=O) groups is 2. The lowest BCUT2D eigenvalue weighted by molar-refractivity contribution is -0.133. The van der Waals surface area contributed by atoms with Gasteiger partial charge in [0.15, 0.2) is 12.2 Å². The van der Waals surface area contributed by atoms with E-state index in [9.17, 15) is 40.2 Å². The van der Waals surface area contributed by atoms with Gasteiger partial charge in [0.05, 0.1) is 24.4 Å². The topological polar surface area (TPSA) is 162 Å². The quantitative estimate of drug-likeness (QED) is 0.0320. The number of hydrogen-bond donors (Lipinski definition) is 6. The van der Waals surface area contributed by atoms with Gasteiger partial charge >= 0.3 is 0 Å². The Morgan fingerprint density at radius 3 is 0.583 bits per heavy atom. The molecule has 0 spiro atoms. The van der Waals surface area contributed by atoms with Crippen LogP contribution in [0.2, 0.25) is 0 Å². The van der Waals surface area contributed by atoms with Crippen molar-refractivity contribution in [2.75, 3.05) is 50.8 Å². The summed E-state index contributed by atoms with van der Waals surface area (Å²) in [6.07, 6.45) is 57.3. The molecule has 6 atom stereocenters. The highest BCUT2D eigenvalue weighted by Crippen LogP contribution is 2.21. The Hall–Kier alpha value is -0.280. The van der Waals surface area contributed by atoms with Crippen LogP contribution in [0.5, 0.6) is 0 Å². The third-order valence-electron chi connectivity index (χ3n) is 17.5. The van der Waals surface area contributed by atoms with Crippen LogP contribution in [0.1, 0.15) is 362 Å². The minimum Gasteiger partial charge on any atom is -0.392 e. The molecule has 0 aliphatic carbocycles. The van der Waals surface area contributed by atoms with Crippen LogP contribution in [-0.2, 0) is 9.59 Å². The molecule has 0 rings (SSSR count). The Balaban J connectivity index is 5.21. The summed E-state index contributed by atoms with van der Waals surface area (Å²) in [7, 11) is 0. The standard InChI is InChI=1S/C72H144N2O8S2/c1-5-9-13-17-21-25-29-33-37-41-45-49-53-65(75)61-73(62-66(76)54-50-46-42-38-34-30-26-22-18-14-10-6-2)57-59-83-71(81)69(79)70(80)72(82)84-60-58-74(63-67(77)55-51-47-43-39-35-31-27-23-19-15-11-7-3)64-68(78)56-52-48-44-40-36-32-28-24-20-16-12-8-4/h65-70,75-80H,5-64H2,1-4H3. The summed E-state index contributed by atoms with van der Waals surface area (Å²) in [6.45, 7) is 11.5. The maximum Gasteiger partial charge on any atom is 0.220 e. The predicted octanol–water partition coefficient (Wildman–Crippen LogP) is 18.6. The van der Waals surface area contributed by atoms with E-state index in [1.54, 1.807) is 0 Å². The molecule has 0 saturated heterocycles. The highest BCUT2D eigenvalue weighted by Gasteiger charge is 2.31. The van der Waals surface area contributed by atoms with Gasteiger partial charge in [-0.3, -0.25) is 19.4 Å². The summed E-state index contributed by atoms with van der Waals surface area (Å²) in [5, 5.41) is 65.2. The van der Waals surface area contributed by atoms with Crippen LogP contribution in [0.3, 0.4) is 0 Å². The molecular weight excluding hydrogens is 1080 g/mol. The molecule has 0 bridgehead atoms. The van der Waals surface area contributed by atoms with Gasteiger partial charge in [0.1, 0.15) is 0 Å². The van der Waals surface area contributed by atoms with E-state index in [1.165, 1.54) is 257 Å². The van der Waals surface area contributed by atoms with Gasteiger partial charge in [-0.05, 0) is 25.7 Å². The first-order valence-electron chi connectivity index (χ1n) is 36.8. The van der Waals surface area contributed by atoms with Gasteiger partial charge in [-0.25, -0.2) is 0 Å². The molecule has 0 amide bonds. The molecule has 0 heterocycles. The predicted molar refractivity (Wildman–Crippen MR) is 367 cm³/mol. The maximum absolute atomic E-state index is 13.3. The van der Waals surface area contributed by atoms with E-state index in [0.29, 0.717) is 76.5 Å². The van der Waals surface area contributed by atoms with Crippen LogP contribution < -0.4 is 0 Å². The van der Waals surface area contributed by atoms with Crippen molar-refractivity contribution in [3.05, 3.63) is 0 Å². The molecule has 6 unspecified atom stereocenters. The molecular formula is C72H144N2O8S2. The molecule has 0 aliphatic rings. The highest BCUT2D eigenvalue weighted by atomic mass is 32.2. The molecule has 0 fully saturated rings. The molecule has 0 aromatic carbocycles. The summed E-state index contributed by atoms with van der Waals surface area (Å²) in [4.78, 5) is 30.6. The first-order chi connectivity index (χ1) is 41.0. The molecule has 0 radical (unpaired) electrons. The largest absolute Gasteiger partial charge is 0.392 e. The van der Waals surface area contributed by atoms with E-state index >= 15 is 0 Å². The van der Waals surface area contributed by atoms with Gasteiger partial charge in [0.25, 0.3) is 0 Å². The highest BCUT2D eigenvalue weighted by molar-refractivity contribution is 8.14. The van der Waals surface area contributed by atoms with Crippen molar-refractivity contribution in [1.29, 1.82) is 0 Å². The monoisotopic (exact) mass is 1230 g/mol. The Labute approximate surface area is 530 Å². The van der Waals surface area contributed by atoms with E-state index in [4.69, 9.17) is 0 Å². The summed E-state index contributed by atoms with van der Waals surface area (Å²) >= 11 is 1.77. The summed E-state index contributed by atoms with van der Waals surface area (Å²) in [6, 6.07) is 0. The molecule has 12 heteroatoms. The summed E-state index contributed by atoms with van der Waals surface area (Å²) in [5.41, 5.74) is 0. The number of rotatable bonds is 69. The lowest BCUT2D eigenvalue weighted by Gasteiger charge is -2.27. The van der Waals surface area contributed by atoms with Gasteiger partial charge in [0.2, 0.25) is 10.2 Å². The van der Waals surface area contributed by atoms with E-state index < -0.39 is 46.9 Å². The number of nitrogens with zero attached hydrogens (tertiary/aromatic N) is 2. The van der Waals surface area contributed by atoms with Crippen molar-refractivity contribution >= 4 is 33.8 Å². The molecule has 84 heavy (non-hydrogen) atoms. The van der Waals surface area contributed by atoms with Crippen molar-refractivity contribution in [2.24, 2.45) is 0 Å². The van der Waals surface area contributed by atoms with E-state index in [0.717, 1.165) is 74.9 Å². The Morgan fingerprint density at radius 1 is 0.262 bits per heavy atom. The summed E-state index contributed by atoms with van der Waals surface area (Å²) < 4.78 is 0. The van der Waals surface area contributed by atoms with Gasteiger partial charge < -0.3 is 30.6 Å². The van der Waals surface area contributed by atoms with Gasteiger partial charge in [-0.1, -0.05) is 359 Å². The number of aliphatic hydroxyl groups excluding tert-OH is 6. The zero-order valence-electron chi connectivity index (χ0n) is 56.1. The van der Waals surface area contributed by atoms with Crippen LogP contribution in [0.15, 0.2) is 0 Å². The zero-order valence-corrected chi connectivity index (χ0v) is 57.7. The third kappa shape index (κ3) is 58.1. The van der Waals surface area contributed by atoms with Crippen molar-refractivity contribution in [3.8, 4) is 0 Å². The zero-order chi connectivity index (χ0) is 61.6. The van der Waals surface area contributed by atoms with Crippen LogP contribution in [0.4, 0.5) is 0 Å². The second-order valence-electron chi connectivity index (χ2n) is 26.1. The molecule has 6 N–H and O–H groups in total. The van der Waals surface area contributed by atoms with Crippen LogP contribution >= 0.6 is 23.5 Å². The molecule has 502 valence electrons. The van der Waals surface area contributed by atoms with Crippen molar-refractivity contribution in [2.45, 2.75) is 398 Å². The van der Waals surface area contributed by atoms with Crippen LogP contribution in [-0.4, -0.2) is 138 Å². The van der Waals surface area contributed by atoms with Crippen molar-refractivity contribution in [3.63, 3.8) is 0 Å². The fourth-order valence-corrected chi connectivity index (χ4v) is 13.6.